The summed E-state index contributed by atoms with van der Waals surface area (Å²) < 4.78 is 26.1. The van der Waals surface area contributed by atoms with Gasteiger partial charge in [0.15, 0.2) is 11.6 Å². The Bertz CT molecular complexity index is 420. The molecule has 0 fully saturated rings. The monoisotopic (exact) mass is 212 g/mol. The molecule has 3 nitrogen and oxygen atoms in total. The van der Waals surface area contributed by atoms with Crippen molar-refractivity contribution in [1.82, 2.24) is 0 Å². The van der Waals surface area contributed by atoms with Crippen LogP contribution in [0.4, 0.5) is 14.5 Å². The highest BCUT2D eigenvalue weighted by Crippen LogP contribution is 2.29. The molecule has 2 rings (SSSR count). The van der Waals surface area contributed by atoms with Gasteiger partial charge in [-0.05, 0) is 18.1 Å². The lowest BCUT2D eigenvalue weighted by Gasteiger charge is -2.23. The van der Waals surface area contributed by atoms with Gasteiger partial charge in [0.25, 0.3) is 0 Å². The quantitative estimate of drug-likeness (QED) is 0.730. The van der Waals surface area contributed by atoms with Crippen molar-refractivity contribution in [3.8, 4) is 0 Å². The second-order valence-corrected chi connectivity index (χ2v) is 3.52. The number of carbonyl (C=O) groups excluding carboxylic acids is 1. The first kappa shape index (κ1) is 10.0. The minimum Gasteiger partial charge on any atom is -0.330 e. The molecule has 0 saturated carbocycles. The first-order chi connectivity index (χ1) is 7.13. The Labute approximate surface area is 85.3 Å². The summed E-state index contributed by atoms with van der Waals surface area (Å²) in [4.78, 5) is 11.4. The van der Waals surface area contributed by atoms with E-state index in [0.717, 1.165) is 6.07 Å². The van der Waals surface area contributed by atoms with Gasteiger partial charge in [0, 0.05) is 6.54 Å². The van der Waals surface area contributed by atoms with E-state index in [-0.39, 0.29) is 24.1 Å². The third-order valence-electron chi connectivity index (χ3n) is 2.55. The van der Waals surface area contributed by atoms with Crippen LogP contribution >= 0.6 is 0 Å². The average Bonchev–Trinajstić information content (AvgIpc) is 2.24. The van der Waals surface area contributed by atoms with Crippen LogP contribution in [-0.4, -0.2) is 12.5 Å². The average molecular weight is 212 g/mol. The minimum absolute atomic E-state index is 0.0512. The van der Waals surface area contributed by atoms with Gasteiger partial charge in [-0.3, -0.25) is 4.79 Å². The van der Waals surface area contributed by atoms with E-state index in [1.807, 2.05) is 0 Å². The first-order valence-corrected chi connectivity index (χ1v) is 4.61. The maximum absolute atomic E-state index is 13.3. The predicted octanol–water partition coefficient (Wildman–Crippen LogP) is 1.03. The molecular formula is C10H10F2N2O. The standard InChI is InChI=1S/C10H10F2N2O/c11-7-2-1-5-3-6(4-13)10(15)14-9(5)8(7)12/h1-2,6H,3-4,13H2,(H,14,15). The maximum atomic E-state index is 13.3. The van der Waals surface area contributed by atoms with Crippen LogP contribution in [0.3, 0.4) is 0 Å². The molecule has 0 aliphatic carbocycles. The molecule has 0 spiro atoms. The highest BCUT2D eigenvalue weighted by Gasteiger charge is 2.27. The Morgan fingerprint density at radius 2 is 2.20 bits per heavy atom. The minimum atomic E-state index is -1.00. The van der Waals surface area contributed by atoms with Crippen LogP contribution in [0.25, 0.3) is 0 Å². The number of nitrogens with one attached hydrogen (secondary N) is 1. The van der Waals surface area contributed by atoms with Crippen LogP contribution in [0.5, 0.6) is 0 Å². The Hall–Kier alpha value is -1.49. The van der Waals surface area contributed by atoms with E-state index in [0.29, 0.717) is 12.0 Å². The summed E-state index contributed by atoms with van der Waals surface area (Å²) in [5, 5.41) is 2.34. The second kappa shape index (κ2) is 3.58. The first-order valence-electron chi connectivity index (χ1n) is 4.61. The maximum Gasteiger partial charge on any atom is 0.229 e. The fraction of sp³-hybridized carbons (Fsp3) is 0.300. The van der Waals surface area contributed by atoms with Crippen molar-refractivity contribution in [2.24, 2.45) is 11.7 Å². The number of amides is 1. The van der Waals surface area contributed by atoms with E-state index in [9.17, 15) is 13.6 Å². The molecule has 1 amide bonds. The number of fused-ring (bicyclic) bond motifs is 1. The number of hydrogen-bond acceptors (Lipinski definition) is 2. The fourth-order valence-corrected chi connectivity index (χ4v) is 1.67. The molecule has 0 aromatic heterocycles. The van der Waals surface area contributed by atoms with Gasteiger partial charge in [-0.1, -0.05) is 6.07 Å². The normalized spacial score (nSPS) is 19.7. The SMILES string of the molecule is NCC1Cc2ccc(F)c(F)c2NC1=O. The van der Waals surface area contributed by atoms with E-state index in [1.54, 1.807) is 0 Å². The lowest BCUT2D eigenvalue weighted by Crippen LogP contribution is -2.35. The number of benzene rings is 1. The molecule has 5 heteroatoms. The van der Waals surface area contributed by atoms with Crippen LogP contribution in [0.15, 0.2) is 12.1 Å². The van der Waals surface area contributed by atoms with Crippen molar-refractivity contribution in [2.45, 2.75) is 6.42 Å². The zero-order valence-corrected chi connectivity index (χ0v) is 7.89. The van der Waals surface area contributed by atoms with E-state index < -0.39 is 11.6 Å². The van der Waals surface area contributed by atoms with Crippen LogP contribution in [0.1, 0.15) is 5.56 Å². The molecular weight excluding hydrogens is 202 g/mol. The van der Waals surface area contributed by atoms with Gasteiger partial charge in [-0.25, -0.2) is 8.78 Å². The number of anilines is 1. The van der Waals surface area contributed by atoms with Crippen LogP contribution < -0.4 is 11.1 Å². The van der Waals surface area contributed by atoms with Crippen molar-refractivity contribution in [2.75, 3.05) is 11.9 Å². The molecule has 1 heterocycles. The largest absolute Gasteiger partial charge is 0.330 e. The highest BCUT2D eigenvalue weighted by molar-refractivity contribution is 5.96. The van der Waals surface area contributed by atoms with Gasteiger partial charge >= 0.3 is 0 Å². The number of hydrogen-bond donors (Lipinski definition) is 2. The summed E-state index contributed by atoms with van der Waals surface area (Å²) >= 11 is 0. The Morgan fingerprint density at radius 1 is 1.47 bits per heavy atom. The fourth-order valence-electron chi connectivity index (χ4n) is 1.67. The molecule has 1 atom stereocenters. The third kappa shape index (κ3) is 1.59. The zero-order valence-electron chi connectivity index (χ0n) is 7.89. The van der Waals surface area contributed by atoms with Gasteiger partial charge in [0.05, 0.1) is 11.6 Å². The molecule has 80 valence electrons. The van der Waals surface area contributed by atoms with E-state index in [4.69, 9.17) is 5.73 Å². The highest BCUT2D eigenvalue weighted by atomic mass is 19.2. The summed E-state index contributed by atoms with van der Waals surface area (Å²) in [7, 11) is 0. The van der Waals surface area contributed by atoms with Crippen molar-refractivity contribution in [3.63, 3.8) is 0 Å². The van der Waals surface area contributed by atoms with Gasteiger partial charge in [-0.15, -0.1) is 0 Å². The third-order valence-corrected chi connectivity index (χ3v) is 2.55. The smallest absolute Gasteiger partial charge is 0.229 e. The van der Waals surface area contributed by atoms with Crippen molar-refractivity contribution < 1.29 is 13.6 Å². The molecule has 0 radical (unpaired) electrons. The van der Waals surface area contributed by atoms with Gasteiger partial charge in [-0.2, -0.15) is 0 Å². The van der Waals surface area contributed by atoms with Crippen molar-refractivity contribution in [3.05, 3.63) is 29.3 Å². The lowest BCUT2D eigenvalue weighted by atomic mass is 9.93. The van der Waals surface area contributed by atoms with E-state index in [1.165, 1.54) is 6.07 Å². The van der Waals surface area contributed by atoms with Gasteiger partial charge in [0.2, 0.25) is 5.91 Å². The molecule has 0 bridgehead atoms. The van der Waals surface area contributed by atoms with Crippen molar-refractivity contribution >= 4 is 11.6 Å². The molecule has 15 heavy (non-hydrogen) atoms. The van der Waals surface area contributed by atoms with E-state index in [2.05, 4.69) is 5.32 Å². The van der Waals surface area contributed by atoms with Crippen LogP contribution in [-0.2, 0) is 11.2 Å². The molecule has 1 unspecified atom stereocenters. The summed E-state index contributed by atoms with van der Waals surface area (Å²) in [6, 6.07) is 2.52. The molecule has 0 saturated heterocycles. The molecule has 1 aliphatic rings. The molecule has 1 aromatic rings. The summed E-state index contributed by atoms with van der Waals surface area (Å²) in [6.45, 7) is 0.199. The molecule has 1 aliphatic heterocycles. The summed E-state index contributed by atoms with van der Waals surface area (Å²) in [5.41, 5.74) is 5.93. The number of halogens is 2. The second-order valence-electron chi connectivity index (χ2n) is 3.52. The lowest BCUT2D eigenvalue weighted by molar-refractivity contribution is -0.119. The number of carbonyl (C=O) groups is 1. The topological polar surface area (TPSA) is 55.1 Å². The van der Waals surface area contributed by atoms with Crippen LogP contribution in [0, 0.1) is 17.6 Å². The van der Waals surface area contributed by atoms with Gasteiger partial charge in [0.1, 0.15) is 0 Å². The summed E-state index contributed by atoms with van der Waals surface area (Å²) in [6.07, 6.45) is 0.356. The predicted molar refractivity (Wildman–Crippen MR) is 51.2 cm³/mol. The number of nitrogens with two attached hydrogens (primary N) is 1. The van der Waals surface area contributed by atoms with E-state index >= 15 is 0 Å². The summed E-state index contributed by atoms with van der Waals surface area (Å²) in [5.74, 6) is -2.67. The van der Waals surface area contributed by atoms with Crippen molar-refractivity contribution in [1.29, 1.82) is 0 Å². The van der Waals surface area contributed by atoms with Gasteiger partial charge < -0.3 is 11.1 Å². The Balaban J connectivity index is 2.45. The molecule has 3 N–H and O–H groups in total. The van der Waals surface area contributed by atoms with Crippen LogP contribution in [0.2, 0.25) is 0 Å². The molecule has 1 aromatic carbocycles. The zero-order chi connectivity index (χ0) is 11.0. The number of rotatable bonds is 1. The Morgan fingerprint density at radius 3 is 2.87 bits per heavy atom. The Kier molecular flexibility index (Phi) is 2.40.